The first-order valence-corrected chi connectivity index (χ1v) is 10.4. The van der Waals surface area contributed by atoms with Crippen LogP contribution in [0.4, 0.5) is 0 Å². The molecule has 1 fully saturated rings. The number of ketones is 1. The van der Waals surface area contributed by atoms with Gasteiger partial charge in [0, 0.05) is 12.1 Å². The van der Waals surface area contributed by atoms with E-state index >= 15 is 0 Å². The van der Waals surface area contributed by atoms with Gasteiger partial charge < -0.3 is 14.9 Å². The first-order chi connectivity index (χ1) is 14.3. The highest BCUT2D eigenvalue weighted by Gasteiger charge is 2.45. The van der Waals surface area contributed by atoms with Crippen LogP contribution in [0.25, 0.3) is 5.76 Å². The first-order valence-electron chi connectivity index (χ1n) is 10.4. The molecular weight excluding hydrogens is 376 g/mol. The molecule has 1 amide bonds. The number of hydrogen-bond donors (Lipinski definition) is 1. The molecule has 3 rings (SSSR count). The van der Waals surface area contributed by atoms with Crippen LogP contribution in [0.1, 0.15) is 48.9 Å². The van der Waals surface area contributed by atoms with Crippen LogP contribution in [0.5, 0.6) is 0 Å². The molecule has 1 aliphatic heterocycles. The standard InChI is InChI=1S/C25H30N2O3/c1-17(2)18-11-13-19(14-12-18)22-21(23(28)20-9-6-5-7-10-20)24(29)25(30)27(22)16-8-15-26(3)4/h5-7,9-14,17,22,28H,8,15-16H2,1-4H3/b23-21+/t22-/m0/s1. The number of aliphatic hydroxyl groups is 1. The van der Waals surface area contributed by atoms with Crippen LogP contribution in [-0.4, -0.2) is 53.8 Å². The third-order valence-corrected chi connectivity index (χ3v) is 5.51. The number of hydrogen-bond acceptors (Lipinski definition) is 4. The van der Waals surface area contributed by atoms with Crippen LogP contribution in [0.3, 0.4) is 0 Å². The van der Waals surface area contributed by atoms with Crippen molar-refractivity contribution >= 4 is 17.4 Å². The third-order valence-electron chi connectivity index (χ3n) is 5.51. The van der Waals surface area contributed by atoms with Gasteiger partial charge in [-0.15, -0.1) is 0 Å². The van der Waals surface area contributed by atoms with Gasteiger partial charge in [-0.05, 0) is 44.1 Å². The normalized spacial score (nSPS) is 18.6. The Hall–Kier alpha value is -2.92. The minimum atomic E-state index is -0.626. The van der Waals surface area contributed by atoms with E-state index in [1.165, 1.54) is 5.56 Å². The Morgan fingerprint density at radius 3 is 2.23 bits per heavy atom. The molecule has 0 radical (unpaired) electrons. The topological polar surface area (TPSA) is 60.9 Å². The summed E-state index contributed by atoms with van der Waals surface area (Å²) in [6, 6.07) is 16.3. The zero-order valence-corrected chi connectivity index (χ0v) is 18.1. The molecule has 5 heteroatoms. The average molecular weight is 407 g/mol. The van der Waals surface area contributed by atoms with Crippen molar-refractivity contribution in [2.45, 2.75) is 32.2 Å². The van der Waals surface area contributed by atoms with Crippen LogP contribution in [0.2, 0.25) is 0 Å². The van der Waals surface area contributed by atoms with E-state index in [1.807, 2.05) is 49.3 Å². The summed E-state index contributed by atoms with van der Waals surface area (Å²) < 4.78 is 0. The maximum Gasteiger partial charge on any atom is 0.295 e. The minimum Gasteiger partial charge on any atom is -0.507 e. The van der Waals surface area contributed by atoms with Crippen LogP contribution < -0.4 is 0 Å². The lowest BCUT2D eigenvalue weighted by Gasteiger charge is -2.26. The van der Waals surface area contributed by atoms with Crippen molar-refractivity contribution in [3.05, 3.63) is 76.9 Å². The van der Waals surface area contributed by atoms with E-state index in [0.29, 0.717) is 18.0 Å². The highest BCUT2D eigenvalue weighted by atomic mass is 16.3. The quantitative estimate of drug-likeness (QED) is 0.426. The van der Waals surface area contributed by atoms with Gasteiger partial charge in [-0.25, -0.2) is 0 Å². The van der Waals surface area contributed by atoms with Gasteiger partial charge in [-0.1, -0.05) is 68.4 Å². The van der Waals surface area contributed by atoms with Crippen molar-refractivity contribution in [1.82, 2.24) is 9.80 Å². The lowest BCUT2D eigenvalue weighted by atomic mass is 9.93. The first kappa shape index (κ1) is 21.8. The molecule has 1 heterocycles. The Bertz CT molecular complexity index is 931. The number of aliphatic hydroxyl groups excluding tert-OH is 1. The number of nitrogens with zero attached hydrogens (tertiary/aromatic N) is 2. The highest BCUT2D eigenvalue weighted by Crippen LogP contribution is 2.39. The van der Waals surface area contributed by atoms with Gasteiger partial charge in [-0.3, -0.25) is 9.59 Å². The number of carbonyl (C=O) groups excluding carboxylic acids is 2. The maximum atomic E-state index is 13.0. The summed E-state index contributed by atoms with van der Waals surface area (Å²) >= 11 is 0. The highest BCUT2D eigenvalue weighted by molar-refractivity contribution is 6.46. The maximum absolute atomic E-state index is 13.0. The fourth-order valence-corrected chi connectivity index (χ4v) is 3.83. The lowest BCUT2D eigenvalue weighted by Crippen LogP contribution is -2.32. The van der Waals surface area contributed by atoms with Crippen LogP contribution in [0, 0.1) is 0 Å². The Morgan fingerprint density at radius 1 is 1.03 bits per heavy atom. The molecule has 0 bridgehead atoms. The number of likely N-dealkylation sites (tertiary alicyclic amines) is 1. The second-order valence-electron chi connectivity index (χ2n) is 8.34. The zero-order valence-electron chi connectivity index (χ0n) is 18.1. The Balaban J connectivity index is 2.07. The molecule has 0 saturated carbocycles. The SMILES string of the molecule is CC(C)c1ccc([C@H]2/C(=C(\O)c3ccccc3)C(=O)C(=O)N2CCCN(C)C)cc1. The summed E-state index contributed by atoms with van der Waals surface area (Å²) in [7, 11) is 3.96. The molecule has 1 atom stereocenters. The van der Waals surface area contributed by atoms with E-state index in [4.69, 9.17) is 0 Å². The Labute approximate surface area is 178 Å². The van der Waals surface area contributed by atoms with Gasteiger partial charge in [0.05, 0.1) is 11.6 Å². The van der Waals surface area contributed by atoms with E-state index in [2.05, 4.69) is 13.8 Å². The van der Waals surface area contributed by atoms with Gasteiger partial charge in [0.25, 0.3) is 11.7 Å². The predicted molar refractivity (Wildman–Crippen MR) is 119 cm³/mol. The van der Waals surface area contributed by atoms with Crippen LogP contribution in [0.15, 0.2) is 60.2 Å². The molecule has 0 aliphatic carbocycles. The summed E-state index contributed by atoms with van der Waals surface area (Å²) in [6.07, 6.45) is 0.742. The second-order valence-corrected chi connectivity index (χ2v) is 8.34. The molecule has 0 spiro atoms. The number of rotatable bonds is 7. The van der Waals surface area contributed by atoms with Crippen molar-refractivity contribution in [3.63, 3.8) is 0 Å². The van der Waals surface area contributed by atoms with E-state index < -0.39 is 17.7 Å². The lowest BCUT2D eigenvalue weighted by molar-refractivity contribution is -0.139. The molecule has 30 heavy (non-hydrogen) atoms. The van der Waals surface area contributed by atoms with Crippen LogP contribution in [-0.2, 0) is 9.59 Å². The molecule has 1 aliphatic rings. The number of amides is 1. The van der Waals surface area contributed by atoms with Crippen LogP contribution >= 0.6 is 0 Å². The van der Waals surface area contributed by atoms with Gasteiger partial charge in [-0.2, -0.15) is 0 Å². The summed E-state index contributed by atoms with van der Waals surface area (Å²) in [5.74, 6) is -0.917. The van der Waals surface area contributed by atoms with Crippen molar-refractivity contribution in [1.29, 1.82) is 0 Å². The molecule has 1 N–H and O–H groups in total. The summed E-state index contributed by atoms with van der Waals surface area (Å²) in [4.78, 5) is 29.5. The van der Waals surface area contributed by atoms with E-state index in [-0.39, 0.29) is 11.3 Å². The van der Waals surface area contributed by atoms with Gasteiger partial charge >= 0.3 is 0 Å². The van der Waals surface area contributed by atoms with Gasteiger partial charge in [0.15, 0.2) is 0 Å². The summed E-state index contributed by atoms with van der Waals surface area (Å²) in [6.45, 7) is 5.50. The van der Waals surface area contributed by atoms with E-state index in [0.717, 1.165) is 18.5 Å². The minimum absolute atomic E-state index is 0.123. The molecule has 1 saturated heterocycles. The van der Waals surface area contributed by atoms with Crippen molar-refractivity contribution in [3.8, 4) is 0 Å². The Morgan fingerprint density at radius 2 is 1.67 bits per heavy atom. The summed E-state index contributed by atoms with van der Waals surface area (Å²) in [5.41, 5.74) is 2.72. The largest absolute Gasteiger partial charge is 0.507 e. The molecule has 158 valence electrons. The smallest absolute Gasteiger partial charge is 0.295 e. The number of benzene rings is 2. The zero-order chi connectivity index (χ0) is 21.8. The molecular formula is C25H30N2O3. The molecule has 0 unspecified atom stereocenters. The van der Waals surface area contributed by atoms with Crippen molar-refractivity contribution in [2.24, 2.45) is 0 Å². The molecule has 0 aromatic heterocycles. The van der Waals surface area contributed by atoms with Gasteiger partial charge in [0.2, 0.25) is 0 Å². The van der Waals surface area contributed by atoms with Crippen molar-refractivity contribution < 1.29 is 14.7 Å². The fraction of sp³-hybridized carbons (Fsp3) is 0.360. The number of carbonyl (C=O) groups is 2. The van der Waals surface area contributed by atoms with E-state index in [1.54, 1.807) is 29.2 Å². The Kier molecular flexibility index (Phi) is 6.73. The predicted octanol–water partition coefficient (Wildman–Crippen LogP) is 4.18. The van der Waals surface area contributed by atoms with Crippen molar-refractivity contribution in [2.75, 3.05) is 27.2 Å². The average Bonchev–Trinajstić information content (AvgIpc) is 2.98. The third kappa shape index (κ3) is 4.46. The number of Topliss-reactive ketones (excluding diaryl/α,β-unsaturated/α-hetero) is 1. The molecule has 5 nitrogen and oxygen atoms in total. The second kappa shape index (κ2) is 9.26. The molecule has 2 aromatic carbocycles. The molecule has 2 aromatic rings. The fourth-order valence-electron chi connectivity index (χ4n) is 3.83. The van der Waals surface area contributed by atoms with Gasteiger partial charge in [0.1, 0.15) is 5.76 Å². The monoisotopic (exact) mass is 406 g/mol. The van der Waals surface area contributed by atoms with E-state index in [9.17, 15) is 14.7 Å². The summed E-state index contributed by atoms with van der Waals surface area (Å²) in [5, 5.41) is 11.0.